The summed E-state index contributed by atoms with van der Waals surface area (Å²) >= 11 is 0. The lowest BCUT2D eigenvalue weighted by atomic mass is 10.2. The van der Waals surface area contributed by atoms with E-state index in [0.29, 0.717) is 11.8 Å². The van der Waals surface area contributed by atoms with Gasteiger partial charge in [0.05, 0.1) is 0 Å². The molecule has 0 aromatic heterocycles. The fourth-order valence-corrected chi connectivity index (χ4v) is 0.712. The predicted octanol–water partition coefficient (Wildman–Crippen LogP) is 2.05. The average Bonchev–Trinajstić information content (AvgIpc) is 1.87. The van der Waals surface area contributed by atoms with Crippen LogP contribution in [0.15, 0.2) is 9.98 Å². The molecule has 11 heavy (non-hydrogen) atoms. The van der Waals surface area contributed by atoms with Crippen LogP contribution >= 0.6 is 0 Å². The standard InChI is InChI=1S/C9H18N2/c1-8(2)5-11-7-9(3)6-10-4/h6-9H,5H2,1-4H3. The second kappa shape index (κ2) is 6.08. The Morgan fingerprint density at radius 3 is 2.27 bits per heavy atom. The van der Waals surface area contributed by atoms with E-state index in [1.807, 2.05) is 12.4 Å². The topological polar surface area (TPSA) is 24.7 Å². The molecule has 0 N–H and O–H groups in total. The van der Waals surface area contributed by atoms with Crippen molar-refractivity contribution < 1.29 is 0 Å². The Hall–Kier alpha value is -0.660. The molecule has 2 heteroatoms. The zero-order valence-corrected chi connectivity index (χ0v) is 7.91. The van der Waals surface area contributed by atoms with Crippen molar-refractivity contribution >= 4 is 12.4 Å². The number of nitrogens with zero attached hydrogens (tertiary/aromatic N) is 2. The van der Waals surface area contributed by atoms with Crippen LogP contribution in [0.5, 0.6) is 0 Å². The molecule has 0 saturated carbocycles. The van der Waals surface area contributed by atoms with E-state index in [1.165, 1.54) is 0 Å². The van der Waals surface area contributed by atoms with Crippen molar-refractivity contribution in [3.8, 4) is 0 Å². The summed E-state index contributed by atoms with van der Waals surface area (Å²) in [7, 11) is 1.78. The lowest BCUT2D eigenvalue weighted by molar-refractivity contribution is 0.665. The minimum Gasteiger partial charge on any atom is -0.300 e. The Morgan fingerprint density at radius 2 is 1.82 bits per heavy atom. The third-order valence-electron chi connectivity index (χ3n) is 1.20. The van der Waals surface area contributed by atoms with Crippen LogP contribution in [0.4, 0.5) is 0 Å². The fourth-order valence-electron chi connectivity index (χ4n) is 0.712. The van der Waals surface area contributed by atoms with E-state index in [1.54, 1.807) is 7.05 Å². The monoisotopic (exact) mass is 154 g/mol. The van der Waals surface area contributed by atoms with Crippen molar-refractivity contribution in [2.75, 3.05) is 13.6 Å². The van der Waals surface area contributed by atoms with Crippen LogP contribution in [0.1, 0.15) is 20.8 Å². The molecule has 0 bridgehead atoms. The summed E-state index contributed by atoms with van der Waals surface area (Å²) in [5.74, 6) is 1.02. The van der Waals surface area contributed by atoms with Crippen LogP contribution in [0.2, 0.25) is 0 Å². The summed E-state index contributed by atoms with van der Waals surface area (Å²) in [6, 6.07) is 0. The molecule has 0 aliphatic carbocycles. The van der Waals surface area contributed by atoms with Crippen molar-refractivity contribution in [3.63, 3.8) is 0 Å². The van der Waals surface area contributed by atoms with Crippen molar-refractivity contribution in [2.24, 2.45) is 21.8 Å². The highest BCUT2D eigenvalue weighted by Crippen LogP contribution is 1.92. The van der Waals surface area contributed by atoms with E-state index in [2.05, 4.69) is 30.8 Å². The summed E-state index contributed by atoms with van der Waals surface area (Å²) in [5, 5.41) is 0. The van der Waals surface area contributed by atoms with Crippen molar-refractivity contribution in [1.29, 1.82) is 0 Å². The zero-order valence-electron chi connectivity index (χ0n) is 7.91. The second-order valence-electron chi connectivity index (χ2n) is 3.17. The van der Waals surface area contributed by atoms with Crippen LogP contribution in [0.3, 0.4) is 0 Å². The first kappa shape index (κ1) is 10.3. The highest BCUT2D eigenvalue weighted by molar-refractivity contribution is 5.82. The predicted molar refractivity (Wildman–Crippen MR) is 51.8 cm³/mol. The highest BCUT2D eigenvalue weighted by Gasteiger charge is 1.91. The first-order valence-electron chi connectivity index (χ1n) is 4.09. The molecule has 0 saturated heterocycles. The molecule has 0 aromatic rings. The molecule has 0 heterocycles. The largest absolute Gasteiger partial charge is 0.300 e. The molecule has 0 amide bonds. The number of aliphatic imine (C=N–C) groups is 2. The minimum absolute atomic E-state index is 0.374. The molecule has 2 nitrogen and oxygen atoms in total. The van der Waals surface area contributed by atoms with Crippen molar-refractivity contribution in [2.45, 2.75) is 20.8 Å². The van der Waals surface area contributed by atoms with Crippen molar-refractivity contribution in [1.82, 2.24) is 0 Å². The molecule has 0 aliphatic rings. The Balaban J connectivity index is 3.56. The highest BCUT2D eigenvalue weighted by atomic mass is 14.7. The summed E-state index contributed by atoms with van der Waals surface area (Å²) in [5.41, 5.74) is 0. The van der Waals surface area contributed by atoms with E-state index in [9.17, 15) is 0 Å². The SMILES string of the molecule is CN=CC(C)C=NCC(C)C. The summed E-state index contributed by atoms with van der Waals surface area (Å²) in [4.78, 5) is 8.19. The first-order chi connectivity index (χ1) is 5.16. The molecule has 64 valence electrons. The van der Waals surface area contributed by atoms with Gasteiger partial charge in [-0.25, -0.2) is 0 Å². The van der Waals surface area contributed by atoms with Gasteiger partial charge in [-0.05, 0) is 5.92 Å². The molecule has 1 atom stereocenters. The summed E-state index contributed by atoms with van der Waals surface area (Å²) < 4.78 is 0. The lowest BCUT2D eigenvalue weighted by Crippen LogP contribution is -1.99. The van der Waals surface area contributed by atoms with E-state index >= 15 is 0 Å². The van der Waals surface area contributed by atoms with Gasteiger partial charge in [-0.15, -0.1) is 0 Å². The first-order valence-corrected chi connectivity index (χ1v) is 4.09. The van der Waals surface area contributed by atoms with Gasteiger partial charge in [0.1, 0.15) is 0 Å². The Morgan fingerprint density at radius 1 is 1.18 bits per heavy atom. The van der Waals surface area contributed by atoms with E-state index in [0.717, 1.165) is 6.54 Å². The van der Waals surface area contributed by atoms with E-state index in [4.69, 9.17) is 0 Å². The van der Waals surface area contributed by atoms with Gasteiger partial charge in [0.25, 0.3) is 0 Å². The van der Waals surface area contributed by atoms with Gasteiger partial charge in [0.15, 0.2) is 0 Å². The normalized spacial score (nSPS) is 15.4. The number of hydrogen-bond acceptors (Lipinski definition) is 2. The van der Waals surface area contributed by atoms with Gasteiger partial charge in [0.2, 0.25) is 0 Å². The van der Waals surface area contributed by atoms with Gasteiger partial charge < -0.3 is 4.99 Å². The van der Waals surface area contributed by atoms with Crippen LogP contribution in [0, 0.1) is 11.8 Å². The number of rotatable bonds is 4. The van der Waals surface area contributed by atoms with E-state index < -0.39 is 0 Å². The van der Waals surface area contributed by atoms with Gasteiger partial charge in [0, 0.05) is 31.9 Å². The zero-order chi connectivity index (χ0) is 8.69. The molecule has 0 spiro atoms. The smallest absolute Gasteiger partial charge is 0.0408 e. The fraction of sp³-hybridized carbons (Fsp3) is 0.778. The summed E-state index contributed by atoms with van der Waals surface area (Å²) in [6.45, 7) is 7.32. The molecule has 0 radical (unpaired) electrons. The number of hydrogen-bond donors (Lipinski definition) is 0. The van der Waals surface area contributed by atoms with Crippen LogP contribution in [0.25, 0.3) is 0 Å². The lowest BCUT2D eigenvalue weighted by Gasteiger charge is -1.98. The third kappa shape index (κ3) is 7.23. The molecule has 0 fully saturated rings. The molecular weight excluding hydrogens is 136 g/mol. The maximum atomic E-state index is 4.27. The van der Waals surface area contributed by atoms with Crippen LogP contribution in [-0.2, 0) is 0 Å². The Kier molecular flexibility index (Phi) is 5.71. The minimum atomic E-state index is 0.374. The van der Waals surface area contributed by atoms with Crippen LogP contribution in [-0.4, -0.2) is 26.0 Å². The Bertz CT molecular complexity index is 136. The van der Waals surface area contributed by atoms with Gasteiger partial charge in [-0.3, -0.25) is 4.99 Å². The molecule has 1 unspecified atom stereocenters. The Labute approximate surface area is 69.4 Å². The third-order valence-corrected chi connectivity index (χ3v) is 1.20. The second-order valence-corrected chi connectivity index (χ2v) is 3.17. The van der Waals surface area contributed by atoms with Crippen molar-refractivity contribution in [3.05, 3.63) is 0 Å². The molecule has 0 aliphatic heterocycles. The molecule has 0 aromatic carbocycles. The molecular formula is C9H18N2. The maximum Gasteiger partial charge on any atom is 0.0408 e. The quantitative estimate of drug-likeness (QED) is 0.554. The van der Waals surface area contributed by atoms with Gasteiger partial charge >= 0.3 is 0 Å². The van der Waals surface area contributed by atoms with Crippen LogP contribution < -0.4 is 0 Å². The average molecular weight is 154 g/mol. The summed E-state index contributed by atoms with van der Waals surface area (Å²) in [6.07, 6.45) is 3.84. The molecule has 0 rings (SSSR count). The van der Waals surface area contributed by atoms with Gasteiger partial charge in [-0.1, -0.05) is 20.8 Å². The van der Waals surface area contributed by atoms with Gasteiger partial charge in [-0.2, -0.15) is 0 Å². The van der Waals surface area contributed by atoms with E-state index in [-0.39, 0.29) is 0 Å². The maximum absolute atomic E-state index is 4.27.